The Bertz CT molecular complexity index is 571. The molecule has 0 unspecified atom stereocenters. The van der Waals surface area contributed by atoms with E-state index in [4.69, 9.17) is 9.72 Å². The van der Waals surface area contributed by atoms with Gasteiger partial charge in [-0.25, -0.2) is 4.98 Å². The van der Waals surface area contributed by atoms with Gasteiger partial charge >= 0.3 is 0 Å². The minimum Gasteiger partial charge on any atom is -0.383 e. The van der Waals surface area contributed by atoms with E-state index in [-0.39, 0.29) is 0 Å². The summed E-state index contributed by atoms with van der Waals surface area (Å²) in [6.07, 6.45) is 0. The normalized spacial score (nSPS) is 11.0. The van der Waals surface area contributed by atoms with Crippen LogP contribution in [0.2, 0.25) is 0 Å². The zero-order chi connectivity index (χ0) is 15.1. The van der Waals surface area contributed by atoms with E-state index >= 15 is 0 Å². The second kappa shape index (κ2) is 7.96. The number of methoxy groups -OCH3 is 1. The summed E-state index contributed by atoms with van der Waals surface area (Å²) < 4.78 is 5.20. The van der Waals surface area contributed by atoms with E-state index < -0.39 is 0 Å². The van der Waals surface area contributed by atoms with Crippen molar-refractivity contribution >= 4 is 16.7 Å². The number of rotatable bonds is 8. The lowest BCUT2D eigenvalue weighted by Gasteiger charge is -2.23. The van der Waals surface area contributed by atoms with Crippen molar-refractivity contribution in [3.05, 3.63) is 35.9 Å². The summed E-state index contributed by atoms with van der Waals surface area (Å²) in [7, 11) is 1.73. The Hall–Kier alpha value is -1.65. The molecule has 0 saturated heterocycles. The van der Waals surface area contributed by atoms with Gasteiger partial charge in [-0.3, -0.25) is 0 Å². The van der Waals surface area contributed by atoms with Gasteiger partial charge in [0.15, 0.2) is 0 Å². The van der Waals surface area contributed by atoms with Crippen molar-refractivity contribution in [3.8, 4) is 0 Å². The van der Waals surface area contributed by atoms with Crippen LogP contribution in [0.1, 0.15) is 19.4 Å². The minimum absolute atomic E-state index is 0.713. The van der Waals surface area contributed by atoms with Gasteiger partial charge in [-0.2, -0.15) is 0 Å². The van der Waals surface area contributed by atoms with Gasteiger partial charge in [0, 0.05) is 32.1 Å². The summed E-state index contributed by atoms with van der Waals surface area (Å²) in [5.41, 5.74) is 2.35. The van der Waals surface area contributed by atoms with Crippen LogP contribution >= 0.6 is 0 Å². The predicted octanol–water partition coefficient (Wildman–Crippen LogP) is 2.82. The summed E-state index contributed by atoms with van der Waals surface area (Å²) >= 11 is 0. The highest BCUT2D eigenvalue weighted by Gasteiger charge is 2.10. The fraction of sp³-hybridized carbons (Fsp3) is 0.471. The molecule has 1 N–H and O–H groups in total. The van der Waals surface area contributed by atoms with E-state index in [9.17, 15) is 0 Å². The number of fused-ring (bicyclic) bond motifs is 1. The Balaban J connectivity index is 2.39. The maximum absolute atomic E-state index is 5.20. The highest BCUT2D eigenvalue weighted by atomic mass is 16.5. The molecule has 0 amide bonds. The molecule has 0 spiro atoms. The molecule has 0 saturated carbocycles. The molecule has 0 fully saturated rings. The molecular weight excluding hydrogens is 262 g/mol. The number of hydrogen-bond donors (Lipinski definition) is 1. The lowest BCUT2D eigenvalue weighted by molar-refractivity contribution is 0.205. The number of ether oxygens (including phenoxy) is 1. The third kappa shape index (κ3) is 3.93. The van der Waals surface area contributed by atoms with Crippen molar-refractivity contribution in [2.75, 3.05) is 38.3 Å². The van der Waals surface area contributed by atoms with Crippen LogP contribution in [0.25, 0.3) is 10.9 Å². The minimum atomic E-state index is 0.713. The molecule has 114 valence electrons. The van der Waals surface area contributed by atoms with Crippen molar-refractivity contribution in [1.82, 2.24) is 10.3 Å². The van der Waals surface area contributed by atoms with Crippen molar-refractivity contribution in [2.45, 2.75) is 20.4 Å². The molecule has 0 radical (unpaired) electrons. The number of benzene rings is 1. The second-order valence-corrected chi connectivity index (χ2v) is 5.01. The second-order valence-electron chi connectivity index (χ2n) is 5.01. The number of likely N-dealkylation sites (N-methyl/N-ethyl adjacent to an activating group) is 1. The molecule has 4 heteroatoms. The largest absolute Gasteiger partial charge is 0.383 e. The maximum atomic E-state index is 5.20. The fourth-order valence-electron chi connectivity index (χ4n) is 2.44. The van der Waals surface area contributed by atoms with E-state index in [2.05, 4.69) is 48.3 Å². The van der Waals surface area contributed by atoms with Crippen LogP contribution < -0.4 is 10.2 Å². The number of hydrogen-bond acceptors (Lipinski definition) is 4. The van der Waals surface area contributed by atoms with E-state index in [0.29, 0.717) is 6.61 Å². The summed E-state index contributed by atoms with van der Waals surface area (Å²) in [5, 5.41) is 4.64. The average Bonchev–Trinajstić information content (AvgIpc) is 2.53. The molecule has 0 aliphatic heterocycles. The number of para-hydroxylation sites is 1. The third-order valence-corrected chi connectivity index (χ3v) is 3.62. The van der Waals surface area contributed by atoms with E-state index in [1.807, 2.05) is 6.07 Å². The first-order chi connectivity index (χ1) is 10.3. The van der Waals surface area contributed by atoms with Gasteiger partial charge in [0.05, 0.1) is 12.1 Å². The van der Waals surface area contributed by atoms with Crippen LogP contribution in [0.3, 0.4) is 0 Å². The number of nitrogens with zero attached hydrogens (tertiary/aromatic N) is 2. The van der Waals surface area contributed by atoms with Crippen LogP contribution in [0.15, 0.2) is 30.3 Å². The van der Waals surface area contributed by atoms with Crippen molar-refractivity contribution in [3.63, 3.8) is 0 Å². The van der Waals surface area contributed by atoms with Crippen molar-refractivity contribution in [1.29, 1.82) is 0 Å². The lowest BCUT2D eigenvalue weighted by atomic mass is 10.1. The Morgan fingerprint density at radius 3 is 2.76 bits per heavy atom. The molecule has 0 atom stereocenters. The molecule has 1 aromatic heterocycles. The van der Waals surface area contributed by atoms with Gasteiger partial charge in [-0.05, 0) is 31.2 Å². The standard InChI is InChI=1S/C17H25N3O/c1-4-18-13-14-12-17(20(5-2)10-11-21-3)19-16-9-7-6-8-15(14)16/h6-9,12,18H,4-5,10-11,13H2,1-3H3. The van der Waals surface area contributed by atoms with Crippen molar-refractivity contribution in [2.24, 2.45) is 0 Å². The van der Waals surface area contributed by atoms with Crippen LogP contribution in [0, 0.1) is 0 Å². The van der Waals surface area contributed by atoms with E-state index in [1.165, 1.54) is 10.9 Å². The molecule has 0 aliphatic rings. The fourth-order valence-corrected chi connectivity index (χ4v) is 2.44. The summed E-state index contributed by atoms with van der Waals surface area (Å²) in [5.74, 6) is 1.03. The van der Waals surface area contributed by atoms with E-state index in [1.54, 1.807) is 7.11 Å². The van der Waals surface area contributed by atoms with Gasteiger partial charge in [0.25, 0.3) is 0 Å². The molecule has 0 bridgehead atoms. The summed E-state index contributed by atoms with van der Waals surface area (Å²) in [6.45, 7) is 8.61. The summed E-state index contributed by atoms with van der Waals surface area (Å²) in [4.78, 5) is 7.07. The highest BCUT2D eigenvalue weighted by molar-refractivity contribution is 5.84. The van der Waals surface area contributed by atoms with Crippen LogP contribution in [-0.4, -0.2) is 38.3 Å². The smallest absolute Gasteiger partial charge is 0.129 e. The molecule has 2 rings (SSSR count). The van der Waals surface area contributed by atoms with E-state index in [0.717, 1.165) is 37.5 Å². The number of nitrogens with one attached hydrogen (secondary N) is 1. The monoisotopic (exact) mass is 287 g/mol. The molecule has 4 nitrogen and oxygen atoms in total. The average molecular weight is 287 g/mol. The Labute approximate surface area is 127 Å². The first-order valence-electron chi connectivity index (χ1n) is 7.63. The first-order valence-corrected chi connectivity index (χ1v) is 7.63. The molecule has 21 heavy (non-hydrogen) atoms. The zero-order valence-electron chi connectivity index (χ0n) is 13.2. The van der Waals surface area contributed by atoms with Gasteiger partial charge in [0.1, 0.15) is 5.82 Å². The molecule has 1 heterocycles. The topological polar surface area (TPSA) is 37.4 Å². The SMILES string of the molecule is CCNCc1cc(N(CC)CCOC)nc2ccccc12. The Morgan fingerprint density at radius 2 is 2.05 bits per heavy atom. The Kier molecular flexibility index (Phi) is 5.96. The number of aromatic nitrogens is 1. The lowest BCUT2D eigenvalue weighted by Crippen LogP contribution is -2.28. The van der Waals surface area contributed by atoms with Crippen LogP contribution in [0.4, 0.5) is 5.82 Å². The summed E-state index contributed by atoms with van der Waals surface area (Å²) in [6, 6.07) is 10.5. The van der Waals surface area contributed by atoms with Gasteiger partial charge < -0.3 is 15.0 Å². The number of anilines is 1. The zero-order valence-corrected chi connectivity index (χ0v) is 13.2. The molecule has 1 aromatic carbocycles. The van der Waals surface area contributed by atoms with Gasteiger partial charge in [-0.15, -0.1) is 0 Å². The maximum Gasteiger partial charge on any atom is 0.129 e. The van der Waals surface area contributed by atoms with Crippen molar-refractivity contribution < 1.29 is 4.74 Å². The van der Waals surface area contributed by atoms with Gasteiger partial charge in [0.2, 0.25) is 0 Å². The molecule has 2 aromatic rings. The van der Waals surface area contributed by atoms with Gasteiger partial charge in [-0.1, -0.05) is 25.1 Å². The van der Waals surface area contributed by atoms with Crippen LogP contribution in [-0.2, 0) is 11.3 Å². The molecular formula is C17H25N3O. The first kappa shape index (κ1) is 15.7. The number of pyridine rings is 1. The third-order valence-electron chi connectivity index (χ3n) is 3.62. The quantitative estimate of drug-likeness (QED) is 0.810. The van der Waals surface area contributed by atoms with Crippen LogP contribution in [0.5, 0.6) is 0 Å². The molecule has 0 aliphatic carbocycles. The predicted molar refractivity (Wildman–Crippen MR) is 88.9 cm³/mol. The Morgan fingerprint density at radius 1 is 1.24 bits per heavy atom. The highest BCUT2D eigenvalue weighted by Crippen LogP contribution is 2.23.